The largest absolute Gasteiger partial charge is 0.461 e. The van der Waals surface area contributed by atoms with Crippen LogP contribution in [-0.2, 0) is 14.9 Å². The van der Waals surface area contributed by atoms with Gasteiger partial charge in [0, 0.05) is 13.5 Å². The van der Waals surface area contributed by atoms with E-state index in [4.69, 9.17) is 4.74 Å². The van der Waals surface area contributed by atoms with Crippen LogP contribution in [0.2, 0.25) is 0 Å². The molecule has 2 aromatic rings. The summed E-state index contributed by atoms with van der Waals surface area (Å²) in [5.74, 6) is 0.0109. The molecule has 0 spiro atoms. The SMILES string of the molecule is CCC(OC(C)=O)C(c1ccccc1)(c1ccccc1)C(C)CN(C)C.Cl. The van der Waals surface area contributed by atoms with E-state index in [2.05, 4.69) is 81.4 Å². The van der Waals surface area contributed by atoms with E-state index in [1.165, 1.54) is 18.1 Å². The molecule has 0 aliphatic rings. The second kappa shape index (κ2) is 10.5. The zero-order valence-electron chi connectivity index (χ0n) is 17.0. The number of carbonyl (C=O) groups is 1. The van der Waals surface area contributed by atoms with Gasteiger partial charge in [0.15, 0.2) is 0 Å². The van der Waals surface area contributed by atoms with Crippen molar-refractivity contribution in [1.82, 2.24) is 4.90 Å². The fourth-order valence-electron chi connectivity index (χ4n) is 4.24. The van der Waals surface area contributed by atoms with Crippen molar-refractivity contribution < 1.29 is 9.53 Å². The van der Waals surface area contributed by atoms with Gasteiger partial charge in [0.05, 0.1) is 5.41 Å². The molecule has 0 amide bonds. The number of esters is 1. The van der Waals surface area contributed by atoms with Gasteiger partial charge in [0.2, 0.25) is 0 Å². The van der Waals surface area contributed by atoms with E-state index in [9.17, 15) is 4.79 Å². The van der Waals surface area contributed by atoms with Crippen LogP contribution in [0.4, 0.5) is 0 Å². The maximum Gasteiger partial charge on any atom is 0.302 e. The summed E-state index contributed by atoms with van der Waals surface area (Å²) >= 11 is 0. The summed E-state index contributed by atoms with van der Waals surface area (Å²) in [5.41, 5.74) is 1.97. The van der Waals surface area contributed by atoms with E-state index in [-0.39, 0.29) is 30.4 Å². The Kier molecular flexibility index (Phi) is 9.01. The molecule has 0 aromatic heterocycles. The highest BCUT2D eigenvalue weighted by atomic mass is 35.5. The Morgan fingerprint density at radius 1 is 1.00 bits per heavy atom. The van der Waals surface area contributed by atoms with Crippen LogP contribution in [0.3, 0.4) is 0 Å². The lowest BCUT2D eigenvalue weighted by atomic mass is 9.62. The third kappa shape index (κ3) is 5.12. The van der Waals surface area contributed by atoms with Crippen molar-refractivity contribution in [2.24, 2.45) is 5.92 Å². The fraction of sp³-hybridized carbons (Fsp3) is 0.435. The topological polar surface area (TPSA) is 29.5 Å². The molecule has 2 unspecified atom stereocenters. The lowest BCUT2D eigenvalue weighted by Crippen LogP contribution is -2.50. The maximum atomic E-state index is 11.9. The van der Waals surface area contributed by atoms with Gasteiger partial charge in [-0.05, 0) is 37.6 Å². The first kappa shape index (κ1) is 23.2. The molecule has 3 nitrogen and oxygen atoms in total. The minimum absolute atomic E-state index is 0. The number of carbonyl (C=O) groups excluding carboxylic acids is 1. The molecule has 0 aliphatic carbocycles. The average Bonchev–Trinajstić information content (AvgIpc) is 2.62. The van der Waals surface area contributed by atoms with Gasteiger partial charge in [-0.25, -0.2) is 0 Å². The van der Waals surface area contributed by atoms with Crippen LogP contribution in [0.15, 0.2) is 60.7 Å². The number of ether oxygens (including phenoxy) is 1. The van der Waals surface area contributed by atoms with Crippen molar-refractivity contribution in [3.05, 3.63) is 71.8 Å². The first-order valence-electron chi connectivity index (χ1n) is 9.35. The van der Waals surface area contributed by atoms with Crippen molar-refractivity contribution in [2.45, 2.75) is 38.7 Å². The normalized spacial score (nSPS) is 13.6. The molecule has 0 bridgehead atoms. The second-order valence-corrected chi connectivity index (χ2v) is 7.27. The van der Waals surface area contributed by atoms with Crippen LogP contribution >= 0.6 is 12.4 Å². The molecule has 0 saturated carbocycles. The first-order valence-corrected chi connectivity index (χ1v) is 9.35. The standard InChI is InChI=1S/C23H31NO2.ClH/c1-6-22(26-19(3)25)23(18(2)17-24(4)5,20-13-9-7-10-14-20)21-15-11-8-12-16-21;/h7-16,18,22H,6,17H2,1-5H3;1H. The number of nitrogens with zero attached hydrogens (tertiary/aromatic N) is 1. The predicted molar refractivity (Wildman–Crippen MR) is 114 cm³/mol. The summed E-state index contributed by atoms with van der Waals surface area (Å²) in [4.78, 5) is 14.1. The number of halogens is 1. The molecule has 4 heteroatoms. The molecule has 0 heterocycles. The monoisotopic (exact) mass is 389 g/mol. The summed E-state index contributed by atoms with van der Waals surface area (Å²) in [6.07, 6.45) is 0.515. The van der Waals surface area contributed by atoms with Gasteiger partial charge in [-0.3, -0.25) is 4.79 Å². The highest BCUT2D eigenvalue weighted by Gasteiger charge is 2.47. The smallest absolute Gasteiger partial charge is 0.302 e. The van der Waals surface area contributed by atoms with Gasteiger partial charge < -0.3 is 9.64 Å². The molecule has 0 aliphatic heterocycles. The molecular formula is C23H32ClNO2. The van der Waals surface area contributed by atoms with Crippen molar-refractivity contribution in [1.29, 1.82) is 0 Å². The minimum atomic E-state index is -0.410. The zero-order chi connectivity index (χ0) is 19.2. The maximum absolute atomic E-state index is 11.9. The van der Waals surface area contributed by atoms with Crippen LogP contribution in [0, 0.1) is 5.92 Å². The number of hydrogen-bond donors (Lipinski definition) is 0. The Balaban J connectivity index is 0.00000364. The van der Waals surface area contributed by atoms with E-state index in [1.54, 1.807) is 0 Å². The number of hydrogen-bond acceptors (Lipinski definition) is 3. The number of rotatable bonds is 8. The lowest BCUT2D eigenvalue weighted by molar-refractivity contribution is -0.150. The number of benzene rings is 2. The predicted octanol–water partition coefficient (Wildman–Crippen LogP) is 4.93. The van der Waals surface area contributed by atoms with Crippen LogP contribution in [0.5, 0.6) is 0 Å². The molecule has 27 heavy (non-hydrogen) atoms. The highest BCUT2D eigenvalue weighted by Crippen LogP contribution is 2.45. The molecule has 2 rings (SSSR count). The Bertz CT molecular complexity index is 649. The summed E-state index contributed by atoms with van der Waals surface area (Å²) in [7, 11) is 4.17. The molecule has 0 fully saturated rings. The van der Waals surface area contributed by atoms with Crippen LogP contribution < -0.4 is 0 Å². The van der Waals surface area contributed by atoms with Crippen molar-refractivity contribution >= 4 is 18.4 Å². The van der Waals surface area contributed by atoms with E-state index in [1.807, 2.05) is 12.1 Å². The zero-order valence-corrected chi connectivity index (χ0v) is 17.8. The summed E-state index contributed by atoms with van der Waals surface area (Å²) in [6.45, 7) is 6.74. The van der Waals surface area contributed by atoms with Crippen LogP contribution in [0.1, 0.15) is 38.3 Å². The van der Waals surface area contributed by atoms with Crippen LogP contribution in [0.25, 0.3) is 0 Å². The molecular weight excluding hydrogens is 358 g/mol. The van der Waals surface area contributed by atoms with Gasteiger partial charge >= 0.3 is 5.97 Å². The summed E-state index contributed by atoms with van der Waals surface area (Å²) in [6, 6.07) is 21.0. The lowest BCUT2D eigenvalue weighted by Gasteiger charge is -2.46. The molecule has 2 aromatic carbocycles. The van der Waals surface area contributed by atoms with Gasteiger partial charge in [0.1, 0.15) is 6.10 Å². The molecule has 0 N–H and O–H groups in total. The van der Waals surface area contributed by atoms with Gasteiger partial charge in [0.25, 0.3) is 0 Å². The first-order chi connectivity index (χ1) is 12.4. The third-order valence-electron chi connectivity index (χ3n) is 5.11. The summed E-state index contributed by atoms with van der Waals surface area (Å²) in [5, 5.41) is 0. The van der Waals surface area contributed by atoms with Gasteiger partial charge in [-0.1, -0.05) is 74.5 Å². The Morgan fingerprint density at radius 3 is 1.78 bits per heavy atom. The van der Waals surface area contributed by atoms with E-state index in [0.29, 0.717) is 0 Å². The van der Waals surface area contributed by atoms with Crippen molar-refractivity contribution in [3.8, 4) is 0 Å². The van der Waals surface area contributed by atoms with Crippen LogP contribution in [-0.4, -0.2) is 37.6 Å². The Morgan fingerprint density at radius 2 is 1.44 bits per heavy atom. The molecule has 2 atom stereocenters. The molecule has 148 valence electrons. The second-order valence-electron chi connectivity index (χ2n) is 7.27. The van der Waals surface area contributed by atoms with E-state index in [0.717, 1.165) is 13.0 Å². The van der Waals surface area contributed by atoms with E-state index < -0.39 is 5.41 Å². The molecule has 0 saturated heterocycles. The Labute approximate surface area is 170 Å². The van der Waals surface area contributed by atoms with Gasteiger partial charge in [-0.2, -0.15) is 0 Å². The highest BCUT2D eigenvalue weighted by molar-refractivity contribution is 5.85. The average molecular weight is 390 g/mol. The van der Waals surface area contributed by atoms with Gasteiger partial charge in [-0.15, -0.1) is 12.4 Å². The van der Waals surface area contributed by atoms with Crippen molar-refractivity contribution in [3.63, 3.8) is 0 Å². The summed E-state index contributed by atoms with van der Waals surface area (Å²) < 4.78 is 5.92. The van der Waals surface area contributed by atoms with E-state index >= 15 is 0 Å². The molecule has 0 radical (unpaired) electrons. The quantitative estimate of drug-likeness (QED) is 0.599. The Hall–Kier alpha value is -1.84. The fourth-order valence-corrected chi connectivity index (χ4v) is 4.24. The van der Waals surface area contributed by atoms with Crippen molar-refractivity contribution in [2.75, 3.05) is 20.6 Å². The third-order valence-corrected chi connectivity index (χ3v) is 5.11. The minimum Gasteiger partial charge on any atom is -0.461 e.